The number of imidazole rings is 1. The Labute approximate surface area is 115 Å². The molecule has 0 fully saturated rings. The van der Waals surface area contributed by atoms with Gasteiger partial charge >= 0.3 is 0 Å². The number of unbranched alkanes of at least 4 members (excludes halogenated alkanes) is 1. The minimum atomic E-state index is 0.0452. The summed E-state index contributed by atoms with van der Waals surface area (Å²) in [5.74, 6) is 0.947. The van der Waals surface area contributed by atoms with Crippen LogP contribution in [0.4, 0.5) is 0 Å². The predicted molar refractivity (Wildman–Crippen MR) is 79.8 cm³/mol. The molecule has 1 N–H and O–H groups in total. The third kappa shape index (κ3) is 3.93. The number of nitrogens with zero attached hydrogens (tertiary/aromatic N) is 2. The first kappa shape index (κ1) is 15.4. The fraction of sp³-hybridized carbons (Fsp3) is 0.438. The van der Waals surface area contributed by atoms with Gasteiger partial charge in [0.25, 0.3) is 0 Å². The van der Waals surface area contributed by atoms with E-state index in [2.05, 4.69) is 16.5 Å². The van der Waals surface area contributed by atoms with Gasteiger partial charge in [0, 0.05) is 12.1 Å². The second kappa shape index (κ2) is 8.48. The molecule has 1 aromatic carbocycles. The van der Waals surface area contributed by atoms with Crippen LogP contribution >= 0.6 is 0 Å². The second-order valence-electron chi connectivity index (χ2n) is 4.10. The van der Waals surface area contributed by atoms with Crippen molar-refractivity contribution < 1.29 is 5.11 Å². The van der Waals surface area contributed by atoms with E-state index >= 15 is 0 Å². The highest BCUT2D eigenvalue weighted by molar-refractivity contribution is 5.55. The van der Waals surface area contributed by atoms with Gasteiger partial charge in [0.05, 0.1) is 18.5 Å². The fourth-order valence-corrected chi connectivity index (χ4v) is 1.92. The second-order valence-corrected chi connectivity index (χ2v) is 4.10. The van der Waals surface area contributed by atoms with Crippen molar-refractivity contribution in [2.75, 3.05) is 0 Å². The van der Waals surface area contributed by atoms with Crippen LogP contribution < -0.4 is 0 Å². The Bertz CT molecular complexity index is 463. The van der Waals surface area contributed by atoms with Gasteiger partial charge in [0.2, 0.25) is 0 Å². The Morgan fingerprint density at radius 2 is 1.84 bits per heavy atom. The molecule has 104 valence electrons. The largest absolute Gasteiger partial charge is 0.390 e. The van der Waals surface area contributed by atoms with E-state index in [0.717, 1.165) is 36.5 Å². The predicted octanol–water partition coefficient (Wildman–Crippen LogP) is 3.87. The van der Waals surface area contributed by atoms with Crippen LogP contribution in [0.15, 0.2) is 36.5 Å². The molecule has 0 aliphatic rings. The summed E-state index contributed by atoms with van der Waals surface area (Å²) in [5.41, 5.74) is 1.99. The van der Waals surface area contributed by atoms with E-state index in [0.29, 0.717) is 0 Å². The minimum Gasteiger partial charge on any atom is -0.390 e. The smallest absolute Gasteiger partial charge is 0.140 e. The lowest BCUT2D eigenvalue weighted by molar-refractivity contribution is 0.270. The standard InChI is InChI=1S/C14H18N2O.C2H6/c1-2-3-9-16-13(11-17)10-15-14(16)12-7-5-4-6-8-12;1-2/h4-8,10,17H,2-3,9,11H2,1H3;1-2H3. The summed E-state index contributed by atoms with van der Waals surface area (Å²) in [5, 5.41) is 9.32. The van der Waals surface area contributed by atoms with Gasteiger partial charge in [0.15, 0.2) is 0 Å². The Morgan fingerprint density at radius 3 is 2.42 bits per heavy atom. The summed E-state index contributed by atoms with van der Waals surface area (Å²) >= 11 is 0. The van der Waals surface area contributed by atoms with Gasteiger partial charge in [-0.2, -0.15) is 0 Å². The van der Waals surface area contributed by atoms with Crippen molar-refractivity contribution in [1.29, 1.82) is 0 Å². The zero-order chi connectivity index (χ0) is 14.1. The van der Waals surface area contributed by atoms with E-state index in [-0.39, 0.29) is 6.61 Å². The van der Waals surface area contributed by atoms with Crippen molar-refractivity contribution in [3.05, 3.63) is 42.2 Å². The van der Waals surface area contributed by atoms with E-state index < -0.39 is 0 Å². The fourth-order valence-electron chi connectivity index (χ4n) is 1.92. The Balaban J connectivity index is 0.000000861. The normalized spacial score (nSPS) is 9.89. The summed E-state index contributed by atoms with van der Waals surface area (Å²) < 4.78 is 2.11. The highest BCUT2D eigenvalue weighted by Gasteiger charge is 2.10. The summed E-state index contributed by atoms with van der Waals surface area (Å²) in [6.45, 7) is 7.12. The van der Waals surface area contributed by atoms with E-state index in [9.17, 15) is 5.11 Å². The Hall–Kier alpha value is -1.61. The molecule has 0 radical (unpaired) electrons. The molecule has 0 atom stereocenters. The van der Waals surface area contributed by atoms with Crippen molar-refractivity contribution >= 4 is 0 Å². The van der Waals surface area contributed by atoms with Gasteiger partial charge in [-0.15, -0.1) is 0 Å². The summed E-state index contributed by atoms with van der Waals surface area (Å²) in [4.78, 5) is 4.41. The Morgan fingerprint density at radius 1 is 1.16 bits per heavy atom. The lowest BCUT2D eigenvalue weighted by Crippen LogP contribution is -2.05. The Kier molecular flexibility index (Phi) is 6.90. The topological polar surface area (TPSA) is 38.0 Å². The van der Waals surface area contributed by atoms with Crippen molar-refractivity contribution in [3.63, 3.8) is 0 Å². The molecule has 2 aromatic rings. The monoisotopic (exact) mass is 260 g/mol. The molecule has 0 bridgehead atoms. The molecule has 1 aromatic heterocycles. The first-order valence-electron chi connectivity index (χ1n) is 7.07. The molecule has 0 aliphatic carbocycles. The van der Waals surface area contributed by atoms with Crippen LogP contribution in [-0.4, -0.2) is 14.7 Å². The highest BCUT2D eigenvalue weighted by atomic mass is 16.3. The molecule has 0 spiro atoms. The lowest BCUT2D eigenvalue weighted by Gasteiger charge is -2.10. The molecule has 1 heterocycles. The zero-order valence-electron chi connectivity index (χ0n) is 12.1. The number of benzene rings is 1. The molecular weight excluding hydrogens is 236 g/mol. The van der Waals surface area contributed by atoms with Gasteiger partial charge < -0.3 is 9.67 Å². The third-order valence-corrected chi connectivity index (χ3v) is 2.87. The minimum absolute atomic E-state index is 0.0452. The maximum atomic E-state index is 9.32. The average Bonchev–Trinajstić information content (AvgIpc) is 2.91. The van der Waals surface area contributed by atoms with E-state index in [1.54, 1.807) is 6.20 Å². The molecule has 19 heavy (non-hydrogen) atoms. The van der Waals surface area contributed by atoms with Crippen LogP contribution in [-0.2, 0) is 13.2 Å². The summed E-state index contributed by atoms with van der Waals surface area (Å²) in [6, 6.07) is 10.1. The van der Waals surface area contributed by atoms with Crippen molar-refractivity contribution in [2.45, 2.75) is 46.8 Å². The molecule has 0 aliphatic heterocycles. The third-order valence-electron chi connectivity index (χ3n) is 2.87. The van der Waals surface area contributed by atoms with Crippen LogP contribution in [0.5, 0.6) is 0 Å². The molecule has 0 saturated carbocycles. The van der Waals surface area contributed by atoms with Gasteiger partial charge in [-0.3, -0.25) is 0 Å². The van der Waals surface area contributed by atoms with Gasteiger partial charge in [0.1, 0.15) is 5.82 Å². The van der Waals surface area contributed by atoms with Gasteiger partial charge in [-0.05, 0) is 6.42 Å². The number of hydrogen-bond donors (Lipinski definition) is 1. The number of aliphatic hydroxyl groups excluding tert-OH is 1. The van der Waals surface area contributed by atoms with E-state index in [1.165, 1.54) is 0 Å². The summed E-state index contributed by atoms with van der Waals surface area (Å²) in [7, 11) is 0. The van der Waals surface area contributed by atoms with E-state index in [4.69, 9.17) is 0 Å². The highest BCUT2D eigenvalue weighted by Crippen LogP contribution is 2.20. The summed E-state index contributed by atoms with van der Waals surface area (Å²) in [6.07, 6.45) is 4.00. The van der Waals surface area contributed by atoms with Crippen LogP contribution in [0.25, 0.3) is 11.4 Å². The maximum Gasteiger partial charge on any atom is 0.140 e. The quantitative estimate of drug-likeness (QED) is 0.886. The molecule has 0 amide bonds. The number of hydrogen-bond acceptors (Lipinski definition) is 2. The van der Waals surface area contributed by atoms with Crippen molar-refractivity contribution in [2.24, 2.45) is 0 Å². The average molecular weight is 260 g/mol. The van der Waals surface area contributed by atoms with Crippen LogP contribution in [0.1, 0.15) is 39.3 Å². The van der Waals surface area contributed by atoms with Crippen LogP contribution in [0.3, 0.4) is 0 Å². The number of aliphatic hydroxyl groups is 1. The molecular formula is C16H24N2O. The lowest BCUT2D eigenvalue weighted by atomic mass is 10.2. The maximum absolute atomic E-state index is 9.32. The SMILES string of the molecule is CC.CCCCn1c(CO)cnc1-c1ccccc1. The van der Waals surface area contributed by atoms with Gasteiger partial charge in [-0.1, -0.05) is 57.5 Å². The molecule has 3 nitrogen and oxygen atoms in total. The molecule has 3 heteroatoms. The first-order valence-corrected chi connectivity index (χ1v) is 7.07. The van der Waals surface area contributed by atoms with Crippen molar-refractivity contribution in [1.82, 2.24) is 9.55 Å². The molecule has 0 saturated heterocycles. The first-order chi connectivity index (χ1) is 9.36. The number of aromatic nitrogens is 2. The zero-order valence-corrected chi connectivity index (χ0v) is 12.1. The van der Waals surface area contributed by atoms with Crippen LogP contribution in [0.2, 0.25) is 0 Å². The van der Waals surface area contributed by atoms with Gasteiger partial charge in [-0.25, -0.2) is 4.98 Å². The molecule has 2 rings (SSSR count). The van der Waals surface area contributed by atoms with Crippen LogP contribution in [0, 0.1) is 0 Å². The number of rotatable bonds is 5. The molecule has 0 unspecified atom stereocenters. The van der Waals surface area contributed by atoms with E-state index in [1.807, 2.05) is 44.2 Å². The van der Waals surface area contributed by atoms with Crippen molar-refractivity contribution in [3.8, 4) is 11.4 Å².